The number of hydrogen-bond acceptors (Lipinski definition) is 1. The van der Waals surface area contributed by atoms with Crippen LogP contribution in [0.2, 0.25) is 0 Å². The number of unbranched alkanes of at least 4 members (excludes halogenated alkanes) is 1. The Morgan fingerprint density at radius 1 is 1.05 bits per heavy atom. The van der Waals surface area contributed by atoms with Crippen LogP contribution in [0.3, 0.4) is 0 Å². The molecule has 0 saturated carbocycles. The third-order valence-electron chi connectivity index (χ3n) is 3.81. The van der Waals surface area contributed by atoms with Gasteiger partial charge in [-0.2, -0.15) is 0 Å². The number of aryl methyl sites for hydroxylation is 2. The van der Waals surface area contributed by atoms with Gasteiger partial charge in [-0.3, -0.25) is 0 Å². The lowest BCUT2D eigenvalue weighted by Gasteiger charge is -2.07. The van der Waals surface area contributed by atoms with E-state index in [9.17, 15) is 0 Å². The largest absolute Gasteiger partial charge is 0.396 e. The van der Waals surface area contributed by atoms with Crippen molar-refractivity contribution in [3.8, 4) is 11.1 Å². The summed E-state index contributed by atoms with van der Waals surface area (Å²) in [6.07, 6.45) is 2.88. The van der Waals surface area contributed by atoms with Gasteiger partial charge in [-0.25, -0.2) is 0 Å². The van der Waals surface area contributed by atoms with Gasteiger partial charge < -0.3 is 10.1 Å². The fourth-order valence-electron chi connectivity index (χ4n) is 2.56. The minimum atomic E-state index is 0.275. The van der Waals surface area contributed by atoms with E-state index in [4.69, 9.17) is 5.11 Å². The Kier molecular flexibility index (Phi) is 7.97. The summed E-state index contributed by atoms with van der Waals surface area (Å²) in [7, 11) is 0. The molecule has 0 unspecified atom stereocenters. The Morgan fingerprint density at radius 3 is 2.32 bits per heavy atom. The average molecular weight is 301 g/mol. The highest BCUT2D eigenvalue weighted by Crippen LogP contribution is 2.31. The maximum absolute atomic E-state index is 8.96. The van der Waals surface area contributed by atoms with Crippen LogP contribution in [0.15, 0.2) is 30.3 Å². The van der Waals surface area contributed by atoms with Gasteiger partial charge in [0.15, 0.2) is 0 Å². The second-order valence-electron chi connectivity index (χ2n) is 5.77. The quantitative estimate of drug-likeness (QED) is 0.683. The maximum Gasteiger partial charge on any atom is 0.0431 e. The normalized spacial score (nSPS) is 10.5. The van der Waals surface area contributed by atoms with E-state index in [1.165, 1.54) is 28.1 Å². The monoisotopic (exact) mass is 301 g/mol. The zero-order chi connectivity index (χ0) is 16.5. The summed E-state index contributed by atoms with van der Waals surface area (Å²) in [5.41, 5.74) is 6.54. The molecule has 0 amide bonds. The second kappa shape index (κ2) is 9.47. The van der Waals surface area contributed by atoms with Crippen molar-refractivity contribution in [1.82, 2.24) is 4.98 Å². The van der Waals surface area contributed by atoms with Crippen molar-refractivity contribution in [2.75, 3.05) is 6.61 Å². The first-order chi connectivity index (χ1) is 10.6. The lowest BCUT2D eigenvalue weighted by molar-refractivity contribution is 0.284. The zero-order valence-corrected chi connectivity index (χ0v) is 14.7. The lowest BCUT2D eigenvalue weighted by atomic mass is 9.98. The van der Waals surface area contributed by atoms with E-state index >= 15 is 0 Å². The molecule has 2 heteroatoms. The number of aromatic amines is 1. The molecule has 0 bridgehead atoms. The molecule has 2 nitrogen and oxygen atoms in total. The minimum Gasteiger partial charge on any atom is -0.396 e. The molecule has 1 heterocycles. The Bertz CT molecular complexity index is 555. The third kappa shape index (κ3) is 4.74. The Balaban J connectivity index is 0.00000116. The first-order valence-corrected chi connectivity index (χ1v) is 8.52. The predicted octanol–water partition coefficient (Wildman–Crippen LogP) is 5.45. The molecule has 0 aliphatic heterocycles. The fourth-order valence-corrected chi connectivity index (χ4v) is 2.56. The lowest BCUT2D eigenvalue weighted by Crippen LogP contribution is -1.93. The van der Waals surface area contributed by atoms with Crippen molar-refractivity contribution in [3.63, 3.8) is 0 Å². The molecule has 122 valence electrons. The summed E-state index contributed by atoms with van der Waals surface area (Å²) < 4.78 is 0. The molecule has 0 atom stereocenters. The molecule has 1 aromatic carbocycles. The van der Waals surface area contributed by atoms with Gasteiger partial charge in [0.05, 0.1) is 0 Å². The van der Waals surface area contributed by atoms with Gasteiger partial charge in [0.1, 0.15) is 0 Å². The van der Waals surface area contributed by atoms with Crippen LogP contribution in [0.4, 0.5) is 0 Å². The number of aliphatic hydroxyl groups excluding tert-OH is 1. The number of aromatic nitrogens is 1. The first kappa shape index (κ1) is 18.5. The van der Waals surface area contributed by atoms with Crippen LogP contribution in [0, 0.1) is 6.92 Å². The molecule has 0 fully saturated rings. The summed E-state index contributed by atoms with van der Waals surface area (Å²) in [5.74, 6) is 0.504. The van der Waals surface area contributed by atoms with E-state index in [2.05, 4.69) is 56.1 Å². The number of rotatable bonds is 6. The number of benzene rings is 1. The predicted molar refractivity (Wildman–Crippen MR) is 96.4 cm³/mol. The number of hydrogen-bond donors (Lipinski definition) is 2. The highest BCUT2D eigenvalue weighted by molar-refractivity contribution is 5.70. The molecule has 0 saturated heterocycles. The molecule has 2 rings (SSSR count). The van der Waals surface area contributed by atoms with E-state index in [-0.39, 0.29) is 6.61 Å². The topological polar surface area (TPSA) is 36.0 Å². The smallest absolute Gasteiger partial charge is 0.0431 e. The number of aliphatic hydroxyl groups is 1. The minimum absolute atomic E-state index is 0.275. The van der Waals surface area contributed by atoms with E-state index in [1.807, 2.05) is 13.8 Å². The highest BCUT2D eigenvalue weighted by atomic mass is 16.2. The van der Waals surface area contributed by atoms with E-state index in [0.29, 0.717) is 5.92 Å². The highest BCUT2D eigenvalue weighted by Gasteiger charge is 2.13. The standard InChI is InChI=1S/C18H25NO.C2H6/c1-13(2)18-12-16(15-9-5-4-8-14(15)3)17(19-18)10-6-7-11-20;1-2/h4-5,8-9,12-13,19-20H,6-7,10-11H2,1-3H3;1-2H3. The molecule has 0 aliphatic carbocycles. The van der Waals surface area contributed by atoms with Gasteiger partial charge in [0.2, 0.25) is 0 Å². The summed E-state index contributed by atoms with van der Waals surface area (Å²) in [6, 6.07) is 10.8. The third-order valence-corrected chi connectivity index (χ3v) is 3.81. The molecule has 0 spiro atoms. The van der Waals surface area contributed by atoms with Gasteiger partial charge in [-0.1, -0.05) is 52.0 Å². The second-order valence-corrected chi connectivity index (χ2v) is 5.77. The average Bonchev–Trinajstić information content (AvgIpc) is 2.94. The van der Waals surface area contributed by atoms with Crippen LogP contribution in [-0.2, 0) is 6.42 Å². The van der Waals surface area contributed by atoms with Gasteiger partial charge in [-0.15, -0.1) is 0 Å². The molecule has 22 heavy (non-hydrogen) atoms. The van der Waals surface area contributed by atoms with E-state index < -0.39 is 0 Å². The SMILES string of the molecule is CC.Cc1ccccc1-c1cc(C(C)C)[nH]c1CCCCO. The van der Waals surface area contributed by atoms with Crippen molar-refractivity contribution < 1.29 is 5.11 Å². The number of H-pyrrole nitrogens is 1. The molecule has 2 aromatic rings. The van der Waals surface area contributed by atoms with E-state index in [0.717, 1.165) is 19.3 Å². The molecule has 0 radical (unpaired) electrons. The molecule has 1 aromatic heterocycles. The van der Waals surface area contributed by atoms with Crippen LogP contribution in [0.5, 0.6) is 0 Å². The Morgan fingerprint density at radius 2 is 1.73 bits per heavy atom. The van der Waals surface area contributed by atoms with Crippen LogP contribution >= 0.6 is 0 Å². The van der Waals surface area contributed by atoms with Crippen molar-refractivity contribution >= 4 is 0 Å². The molecule has 2 N–H and O–H groups in total. The van der Waals surface area contributed by atoms with E-state index in [1.54, 1.807) is 0 Å². The first-order valence-electron chi connectivity index (χ1n) is 8.52. The molecular formula is C20H31NO. The van der Waals surface area contributed by atoms with Gasteiger partial charge >= 0.3 is 0 Å². The summed E-state index contributed by atoms with van der Waals surface area (Å²) in [6.45, 7) is 10.9. The summed E-state index contributed by atoms with van der Waals surface area (Å²) in [4.78, 5) is 3.58. The van der Waals surface area contributed by atoms with Crippen LogP contribution in [-0.4, -0.2) is 16.7 Å². The van der Waals surface area contributed by atoms with Crippen molar-refractivity contribution in [2.24, 2.45) is 0 Å². The van der Waals surface area contributed by atoms with Crippen molar-refractivity contribution in [3.05, 3.63) is 47.3 Å². The number of nitrogens with one attached hydrogen (secondary N) is 1. The summed E-state index contributed by atoms with van der Waals surface area (Å²) >= 11 is 0. The zero-order valence-electron chi connectivity index (χ0n) is 14.7. The maximum atomic E-state index is 8.96. The van der Waals surface area contributed by atoms with Crippen LogP contribution < -0.4 is 0 Å². The van der Waals surface area contributed by atoms with Crippen molar-refractivity contribution in [1.29, 1.82) is 0 Å². The van der Waals surface area contributed by atoms with Crippen LogP contribution in [0.1, 0.15) is 63.4 Å². The molecule has 0 aliphatic rings. The van der Waals surface area contributed by atoms with Gasteiger partial charge in [-0.05, 0) is 49.3 Å². The van der Waals surface area contributed by atoms with Gasteiger partial charge in [0.25, 0.3) is 0 Å². The Hall–Kier alpha value is -1.54. The Labute approximate surface area is 135 Å². The summed E-state index contributed by atoms with van der Waals surface area (Å²) in [5, 5.41) is 8.96. The van der Waals surface area contributed by atoms with Crippen molar-refractivity contribution in [2.45, 2.75) is 59.8 Å². The van der Waals surface area contributed by atoms with Gasteiger partial charge in [0, 0.05) is 23.6 Å². The van der Waals surface area contributed by atoms with Crippen LogP contribution in [0.25, 0.3) is 11.1 Å². The fraction of sp³-hybridized carbons (Fsp3) is 0.500. The molecular weight excluding hydrogens is 270 g/mol.